The van der Waals surface area contributed by atoms with Gasteiger partial charge in [0.15, 0.2) is 6.61 Å². The molecule has 0 aliphatic heterocycles. The van der Waals surface area contributed by atoms with Crippen LogP contribution in [0.1, 0.15) is 16.7 Å². The number of alkyl halides is 3. The molecule has 2 aromatic carbocycles. The topological polar surface area (TPSA) is 114 Å². The summed E-state index contributed by atoms with van der Waals surface area (Å²) in [4.78, 5) is 22.9. The van der Waals surface area contributed by atoms with Crippen LogP contribution in [-0.4, -0.2) is 33.4 Å². The second-order valence-corrected chi connectivity index (χ2v) is 8.27. The van der Waals surface area contributed by atoms with E-state index in [1.165, 1.54) is 0 Å². The normalized spacial score (nSPS) is 11.6. The third-order valence-corrected chi connectivity index (χ3v) is 5.34. The van der Waals surface area contributed by atoms with E-state index in [9.17, 15) is 31.2 Å². The maximum Gasteiger partial charge on any atom is 0.416 e. The molecule has 0 aliphatic carbocycles. The van der Waals surface area contributed by atoms with Crippen LogP contribution in [0.5, 0.6) is 5.75 Å². The molecular weight excluding hydrogens is 439 g/mol. The number of nitrogens with one attached hydrogen (secondary N) is 3. The average Bonchev–Trinajstić information content (AvgIpc) is 2.71. The van der Waals surface area contributed by atoms with Crippen LogP contribution in [0.3, 0.4) is 0 Å². The standard InChI is InChI=1S/C19H20F3N3O5S/c1-12-6-7-13(2)16(8-12)30-11-18(27)25-24-17(26)10-23-31(28,29)15-5-3-4-14(9-15)19(20,21)22/h3-9,23H,10-11H2,1-2H3,(H,24,26)(H,25,27). The quantitative estimate of drug-likeness (QED) is 0.547. The first-order valence-corrected chi connectivity index (χ1v) is 10.3. The summed E-state index contributed by atoms with van der Waals surface area (Å²) in [5, 5.41) is 0. The maximum absolute atomic E-state index is 12.7. The highest BCUT2D eigenvalue weighted by molar-refractivity contribution is 7.89. The molecule has 0 aromatic heterocycles. The van der Waals surface area contributed by atoms with E-state index in [0.717, 1.165) is 29.3 Å². The van der Waals surface area contributed by atoms with Crippen LogP contribution in [0.25, 0.3) is 0 Å². The first kappa shape index (κ1) is 24.2. The summed E-state index contributed by atoms with van der Waals surface area (Å²) in [5.41, 5.74) is 4.63. The Balaban J connectivity index is 1.83. The van der Waals surface area contributed by atoms with Gasteiger partial charge in [-0.3, -0.25) is 20.4 Å². The number of rotatable bonds is 7. The summed E-state index contributed by atoms with van der Waals surface area (Å²) < 4.78 is 69.6. The van der Waals surface area contributed by atoms with Gasteiger partial charge in [-0.15, -0.1) is 0 Å². The Kier molecular flexibility index (Phi) is 7.63. The van der Waals surface area contributed by atoms with E-state index in [-0.39, 0.29) is 0 Å². The number of sulfonamides is 1. The number of benzene rings is 2. The molecule has 12 heteroatoms. The number of hydrazine groups is 1. The van der Waals surface area contributed by atoms with Crippen LogP contribution in [0.4, 0.5) is 13.2 Å². The lowest BCUT2D eigenvalue weighted by Gasteiger charge is -2.12. The first-order chi connectivity index (χ1) is 14.4. The molecule has 31 heavy (non-hydrogen) atoms. The molecule has 0 atom stereocenters. The largest absolute Gasteiger partial charge is 0.483 e. The molecule has 0 bridgehead atoms. The molecule has 2 amide bonds. The molecule has 0 unspecified atom stereocenters. The van der Waals surface area contributed by atoms with Gasteiger partial charge in [-0.1, -0.05) is 18.2 Å². The van der Waals surface area contributed by atoms with Gasteiger partial charge in [0.25, 0.3) is 11.8 Å². The zero-order valence-corrected chi connectivity index (χ0v) is 17.4. The van der Waals surface area contributed by atoms with Gasteiger partial charge < -0.3 is 4.74 Å². The van der Waals surface area contributed by atoms with Crippen LogP contribution in [0.15, 0.2) is 47.4 Å². The Bertz CT molecular complexity index is 1070. The lowest BCUT2D eigenvalue weighted by molar-refractivity contribution is -0.137. The van der Waals surface area contributed by atoms with Gasteiger partial charge in [-0.25, -0.2) is 13.1 Å². The zero-order chi connectivity index (χ0) is 23.2. The Morgan fingerprint density at radius 2 is 1.68 bits per heavy atom. The van der Waals surface area contributed by atoms with Crippen LogP contribution in [0.2, 0.25) is 0 Å². The van der Waals surface area contributed by atoms with E-state index in [0.29, 0.717) is 11.8 Å². The van der Waals surface area contributed by atoms with Crippen LogP contribution in [-0.2, 0) is 25.8 Å². The third-order valence-electron chi connectivity index (χ3n) is 3.94. The highest BCUT2D eigenvalue weighted by Gasteiger charge is 2.31. The summed E-state index contributed by atoms with van der Waals surface area (Å²) in [6, 6.07) is 8.51. The lowest BCUT2D eigenvalue weighted by Crippen LogP contribution is -2.47. The zero-order valence-electron chi connectivity index (χ0n) is 16.5. The number of amides is 2. The van der Waals surface area contributed by atoms with E-state index >= 15 is 0 Å². The van der Waals surface area contributed by atoms with Crippen LogP contribution >= 0.6 is 0 Å². The van der Waals surface area contributed by atoms with E-state index in [1.807, 2.05) is 34.6 Å². The van der Waals surface area contributed by atoms with Crippen molar-refractivity contribution in [2.75, 3.05) is 13.2 Å². The minimum atomic E-state index is -4.72. The fourth-order valence-corrected chi connectivity index (χ4v) is 3.34. The first-order valence-electron chi connectivity index (χ1n) is 8.83. The molecular formula is C19H20F3N3O5S. The van der Waals surface area contributed by atoms with E-state index in [2.05, 4.69) is 0 Å². The van der Waals surface area contributed by atoms with E-state index in [4.69, 9.17) is 4.74 Å². The summed E-state index contributed by atoms with van der Waals surface area (Å²) in [7, 11) is -4.38. The molecule has 0 fully saturated rings. The summed E-state index contributed by atoms with van der Waals surface area (Å²) >= 11 is 0. The second-order valence-electron chi connectivity index (χ2n) is 6.50. The Labute approximate surface area is 176 Å². The van der Waals surface area contributed by atoms with Crippen molar-refractivity contribution in [3.63, 3.8) is 0 Å². The molecule has 8 nitrogen and oxygen atoms in total. The molecule has 3 N–H and O–H groups in total. The van der Waals surface area contributed by atoms with Gasteiger partial charge >= 0.3 is 6.18 Å². The smallest absolute Gasteiger partial charge is 0.416 e. The van der Waals surface area contributed by atoms with Gasteiger partial charge in [-0.05, 0) is 49.2 Å². The number of carbonyl (C=O) groups is 2. The van der Waals surface area contributed by atoms with Gasteiger partial charge in [0.05, 0.1) is 17.0 Å². The summed E-state index contributed by atoms with van der Waals surface area (Å²) in [6.45, 7) is 2.44. The van der Waals surface area contributed by atoms with Gasteiger partial charge in [0.1, 0.15) is 5.75 Å². The summed E-state index contributed by atoms with van der Waals surface area (Å²) in [5.74, 6) is -1.14. The highest BCUT2D eigenvalue weighted by Crippen LogP contribution is 2.30. The fourth-order valence-electron chi connectivity index (χ4n) is 2.31. The highest BCUT2D eigenvalue weighted by atomic mass is 32.2. The van der Waals surface area contributed by atoms with Crippen LogP contribution in [0, 0.1) is 13.8 Å². The van der Waals surface area contributed by atoms with Crippen molar-refractivity contribution in [2.24, 2.45) is 0 Å². The van der Waals surface area contributed by atoms with Crippen molar-refractivity contribution in [1.29, 1.82) is 0 Å². The molecule has 0 radical (unpaired) electrons. The SMILES string of the molecule is Cc1ccc(C)c(OCC(=O)NNC(=O)CNS(=O)(=O)c2cccc(C(F)(F)F)c2)c1. The average molecular weight is 459 g/mol. The van der Waals surface area contributed by atoms with Crippen molar-refractivity contribution < 1.29 is 35.9 Å². The minimum Gasteiger partial charge on any atom is -0.483 e. The minimum absolute atomic E-state index is 0.402. The number of hydrogen-bond donors (Lipinski definition) is 3. The molecule has 2 aromatic rings. The molecule has 0 heterocycles. The predicted molar refractivity (Wildman–Crippen MR) is 104 cm³/mol. The van der Waals surface area contributed by atoms with E-state index < -0.39 is 51.6 Å². The molecule has 0 saturated heterocycles. The summed E-state index contributed by atoms with van der Waals surface area (Å²) in [6.07, 6.45) is -4.72. The van der Waals surface area contributed by atoms with E-state index in [1.54, 1.807) is 13.0 Å². The van der Waals surface area contributed by atoms with Crippen molar-refractivity contribution in [2.45, 2.75) is 24.9 Å². The predicted octanol–water partition coefficient (Wildman–Crippen LogP) is 1.83. The lowest BCUT2D eigenvalue weighted by atomic mass is 10.1. The van der Waals surface area contributed by atoms with Crippen molar-refractivity contribution in [3.8, 4) is 5.75 Å². The van der Waals surface area contributed by atoms with Gasteiger partial charge in [-0.2, -0.15) is 13.2 Å². The Morgan fingerprint density at radius 1 is 1.00 bits per heavy atom. The maximum atomic E-state index is 12.7. The molecule has 2 rings (SSSR count). The van der Waals surface area contributed by atoms with Crippen molar-refractivity contribution in [3.05, 3.63) is 59.2 Å². The fraction of sp³-hybridized carbons (Fsp3) is 0.263. The molecule has 0 spiro atoms. The number of halogens is 3. The van der Waals surface area contributed by atoms with Gasteiger partial charge in [0, 0.05) is 0 Å². The van der Waals surface area contributed by atoms with Gasteiger partial charge in [0.2, 0.25) is 10.0 Å². The second kappa shape index (κ2) is 9.79. The van der Waals surface area contributed by atoms with Crippen molar-refractivity contribution in [1.82, 2.24) is 15.6 Å². The number of aryl methyl sites for hydroxylation is 2. The number of carbonyl (C=O) groups excluding carboxylic acids is 2. The number of ether oxygens (including phenoxy) is 1. The Hall–Kier alpha value is -3.12. The monoisotopic (exact) mass is 459 g/mol. The van der Waals surface area contributed by atoms with Crippen molar-refractivity contribution >= 4 is 21.8 Å². The molecule has 0 saturated carbocycles. The Morgan fingerprint density at radius 3 is 2.35 bits per heavy atom. The molecule has 0 aliphatic rings. The third kappa shape index (κ3) is 7.26. The number of hydrogen-bond acceptors (Lipinski definition) is 5. The molecule has 168 valence electrons. The van der Waals surface area contributed by atoms with Crippen LogP contribution < -0.4 is 20.3 Å².